The Kier molecular flexibility index (Phi) is 4.89. The van der Waals surface area contributed by atoms with Crippen LogP contribution in [0, 0.1) is 0 Å². The Labute approximate surface area is 166 Å². The molecule has 1 aliphatic heterocycles. The van der Waals surface area contributed by atoms with Crippen LogP contribution in [0.1, 0.15) is 48.7 Å². The molecule has 2 aliphatic rings. The van der Waals surface area contributed by atoms with Gasteiger partial charge in [-0.3, -0.25) is 9.58 Å². The number of nitrogens with zero attached hydrogens (tertiary/aromatic N) is 6. The number of aryl methyl sites for hydroxylation is 3. The third-order valence-corrected chi connectivity index (χ3v) is 6.62. The van der Waals surface area contributed by atoms with Crippen molar-refractivity contribution in [1.82, 2.24) is 24.6 Å². The van der Waals surface area contributed by atoms with E-state index in [1.807, 2.05) is 32.2 Å². The number of hydrogen-bond donors (Lipinski definition) is 0. The summed E-state index contributed by atoms with van der Waals surface area (Å²) in [5.74, 6) is 0.815. The molecule has 0 amide bonds. The van der Waals surface area contributed by atoms with Gasteiger partial charge < -0.3 is 4.90 Å². The molecule has 1 aliphatic carbocycles. The number of hydrogen-bond acceptors (Lipinski definition) is 5. The van der Waals surface area contributed by atoms with Crippen LogP contribution >= 0.6 is 11.6 Å². The molecule has 1 spiro atoms. The predicted octanol–water partition coefficient (Wildman–Crippen LogP) is 2.97. The first-order chi connectivity index (χ1) is 12.9. The lowest BCUT2D eigenvalue weighted by Crippen LogP contribution is -2.45. The molecule has 27 heavy (non-hydrogen) atoms. The van der Waals surface area contributed by atoms with E-state index in [1.54, 1.807) is 4.68 Å². The molecule has 3 heterocycles. The van der Waals surface area contributed by atoms with Gasteiger partial charge in [-0.15, -0.1) is 0 Å². The predicted molar refractivity (Wildman–Crippen MR) is 108 cm³/mol. The lowest BCUT2D eigenvalue weighted by atomic mass is 9.77. The topological polar surface area (TPSA) is 50.1 Å². The summed E-state index contributed by atoms with van der Waals surface area (Å²) in [5.41, 5.74) is 5.07. The zero-order chi connectivity index (χ0) is 19.2. The van der Waals surface area contributed by atoms with E-state index < -0.39 is 0 Å². The summed E-state index contributed by atoms with van der Waals surface area (Å²) in [6, 6.07) is 0. The van der Waals surface area contributed by atoms with Crippen LogP contribution in [0.3, 0.4) is 0 Å². The van der Waals surface area contributed by atoms with Crippen molar-refractivity contribution in [2.45, 2.75) is 51.0 Å². The first kappa shape index (κ1) is 18.7. The SMILES string of the molecule is CCc1nn(C)c(Cl)c1CN1CCCC2(CCc3cnc(N(C)C)nc32)C1. The van der Waals surface area contributed by atoms with Gasteiger partial charge in [0.15, 0.2) is 0 Å². The highest BCUT2D eigenvalue weighted by molar-refractivity contribution is 6.30. The maximum Gasteiger partial charge on any atom is 0.225 e. The van der Waals surface area contributed by atoms with Gasteiger partial charge in [-0.1, -0.05) is 18.5 Å². The lowest BCUT2D eigenvalue weighted by Gasteiger charge is -2.40. The third kappa shape index (κ3) is 3.23. The summed E-state index contributed by atoms with van der Waals surface area (Å²) < 4.78 is 1.80. The van der Waals surface area contributed by atoms with Crippen LogP contribution in [0.4, 0.5) is 5.95 Å². The number of halogens is 1. The van der Waals surface area contributed by atoms with Crippen molar-refractivity contribution in [3.8, 4) is 0 Å². The molecule has 1 fully saturated rings. The fraction of sp³-hybridized carbons (Fsp3) is 0.650. The molecule has 7 heteroatoms. The molecule has 0 saturated carbocycles. The number of aromatic nitrogens is 4. The number of likely N-dealkylation sites (tertiary alicyclic amines) is 1. The average Bonchev–Trinajstić information content (AvgIpc) is 3.14. The number of fused-ring (bicyclic) bond motifs is 2. The fourth-order valence-corrected chi connectivity index (χ4v) is 4.98. The van der Waals surface area contributed by atoms with Gasteiger partial charge >= 0.3 is 0 Å². The van der Waals surface area contributed by atoms with E-state index in [0.717, 1.165) is 49.3 Å². The quantitative estimate of drug-likeness (QED) is 0.805. The molecule has 146 valence electrons. The molecule has 1 atom stereocenters. The highest BCUT2D eigenvalue weighted by Gasteiger charge is 2.44. The van der Waals surface area contributed by atoms with Crippen LogP contribution in [-0.2, 0) is 31.8 Å². The maximum atomic E-state index is 6.55. The lowest BCUT2D eigenvalue weighted by molar-refractivity contribution is 0.136. The molecule has 6 nitrogen and oxygen atoms in total. The van der Waals surface area contributed by atoms with E-state index in [9.17, 15) is 0 Å². The van der Waals surface area contributed by atoms with Crippen LogP contribution in [0.15, 0.2) is 6.20 Å². The summed E-state index contributed by atoms with van der Waals surface area (Å²) in [5, 5.41) is 5.36. The van der Waals surface area contributed by atoms with Gasteiger partial charge in [0.1, 0.15) is 5.15 Å². The van der Waals surface area contributed by atoms with Gasteiger partial charge in [-0.05, 0) is 44.2 Å². The van der Waals surface area contributed by atoms with E-state index in [4.69, 9.17) is 16.6 Å². The second-order valence-electron chi connectivity index (χ2n) is 8.23. The molecular formula is C20H29ClN6. The molecule has 0 N–H and O–H groups in total. The van der Waals surface area contributed by atoms with E-state index in [1.165, 1.54) is 36.1 Å². The number of anilines is 1. The van der Waals surface area contributed by atoms with Crippen LogP contribution in [0.5, 0.6) is 0 Å². The van der Waals surface area contributed by atoms with Crippen LogP contribution in [0.2, 0.25) is 5.15 Å². The zero-order valence-electron chi connectivity index (χ0n) is 16.8. The van der Waals surface area contributed by atoms with Gasteiger partial charge in [-0.25, -0.2) is 9.97 Å². The molecule has 4 rings (SSSR count). The van der Waals surface area contributed by atoms with Gasteiger partial charge in [-0.2, -0.15) is 5.10 Å². The Morgan fingerprint density at radius 1 is 1.30 bits per heavy atom. The monoisotopic (exact) mass is 388 g/mol. The second-order valence-corrected chi connectivity index (χ2v) is 8.58. The Bertz CT molecular complexity index is 841. The summed E-state index contributed by atoms with van der Waals surface area (Å²) in [6.07, 6.45) is 7.62. The van der Waals surface area contributed by atoms with E-state index in [0.29, 0.717) is 0 Å². The highest BCUT2D eigenvalue weighted by Crippen LogP contribution is 2.44. The summed E-state index contributed by atoms with van der Waals surface area (Å²) >= 11 is 6.55. The third-order valence-electron chi connectivity index (χ3n) is 6.15. The van der Waals surface area contributed by atoms with Gasteiger partial charge in [0.25, 0.3) is 0 Å². The molecule has 1 saturated heterocycles. The van der Waals surface area contributed by atoms with Crippen LogP contribution in [-0.4, -0.2) is 51.8 Å². The molecule has 0 bridgehead atoms. The maximum absolute atomic E-state index is 6.55. The van der Waals surface area contributed by atoms with Crippen molar-refractivity contribution >= 4 is 17.5 Å². The smallest absolute Gasteiger partial charge is 0.225 e. The van der Waals surface area contributed by atoms with Crippen molar-refractivity contribution in [2.24, 2.45) is 7.05 Å². The Morgan fingerprint density at radius 3 is 2.85 bits per heavy atom. The van der Waals surface area contributed by atoms with Crippen LogP contribution < -0.4 is 4.90 Å². The summed E-state index contributed by atoms with van der Waals surface area (Å²) in [7, 11) is 5.94. The van der Waals surface area contributed by atoms with Crippen molar-refractivity contribution in [1.29, 1.82) is 0 Å². The van der Waals surface area contributed by atoms with Gasteiger partial charge in [0.05, 0.1) is 11.4 Å². The van der Waals surface area contributed by atoms with E-state index >= 15 is 0 Å². The summed E-state index contributed by atoms with van der Waals surface area (Å²) in [4.78, 5) is 14.0. The Hall–Kier alpha value is -1.66. The second kappa shape index (κ2) is 7.06. The van der Waals surface area contributed by atoms with Crippen molar-refractivity contribution in [3.63, 3.8) is 0 Å². The van der Waals surface area contributed by atoms with Crippen molar-refractivity contribution in [2.75, 3.05) is 32.1 Å². The van der Waals surface area contributed by atoms with Crippen LogP contribution in [0.25, 0.3) is 0 Å². The first-order valence-corrected chi connectivity index (χ1v) is 10.3. The molecular weight excluding hydrogens is 360 g/mol. The van der Waals surface area contributed by atoms with E-state index in [2.05, 4.69) is 21.9 Å². The summed E-state index contributed by atoms with van der Waals surface area (Å²) in [6.45, 7) is 5.17. The standard InChI is InChI=1S/C20H29ClN6/c1-5-16-15(18(21)26(4)24-16)12-27-10-6-8-20(13-27)9-7-14-11-22-19(25(2)3)23-17(14)20/h11H,5-10,12-13H2,1-4H3. The molecule has 2 aromatic rings. The fourth-order valence-electron chi connectivity index (χ4n) is 4.77. The molecule has 2 aromatic heterocycles. The minimum atomic E-state index is 0.155. The minimum Gasteiger partial charge on any atom is -0.347 e. The van der Waals surface area contributed by atoms with E-state index in [-0.39, 0.29) is 5.41 Å². The molecule has 0 radical (unpaired) electrons. The zero-order valence-corrected chi connectivity index (χ0v) is 17.6. The molecule has 0 aromatic carbocycles. The normalized spacial score (nSPS) is 22.4. The number of piperidine rings is 1. The minimum absolute atomic E-state index is 0.155. The molecule has 1 unspecified atom stereocenters. The van der Waals surface area contributed by atoms with Crippen molar-refractivity contribution < 1.29 is 0 Å². The number of rotatable bonds is 4. The average molecular weight is 389 g/mol. The largest absolute Gasteiger partial charge is 0.347 e. The highest BCUT2D eigenvalue weighted by atomic mass is 35.5. The Balaban J connectivity index is 1.61. The van der Waals surface area contributed by atoms with Gasteiger partial charge in [0, 0.05) is 51.4 Å². The van der Waals surface area contributed by atoms with Crippen molar-refractivity contribution in [3.05, 3.63) is 33.9 Å². The Morgan fingerprint density at radius 2 is 2.11 bits per heavy atom. The first-order valence-electron chi connectivity index (χ1n) is 9.90. The van der Waals surface area contributed by atoms with Gasteiger partial charge in [0.2, 0.25) is 5.95 Å².